The van der Waals surface area contributed by atoms with E-state index in [1.807, 2.05) is 35.7 Å². The van der Waals surface area contributed by atoms with Crippen molar-refractivity contribution in [2.45, 2.75) is 0 Å². The number of aromatic amines is 1. The van der Waals surface area contributed by atoms with Crippen molar-refractivity contribution in [2.75, 3.05) is 0 Å². The van der Waals surface area contributed by atoms with Gasteiger partial charge in [-0.2, -0.15) is 0 Å². The predicted octanol–water partition coefficient (Wildman–Crippen LogP) is 4.37. The zero-order valence-corrected chi connectivity index (χ0v) is 13.4. The fraction of sp³-hybridized carbons (Fsp3) is 0. The highest BCUT2D eigenvalue weighted by Crippen LogP contribution is 2.31. The van der Waals surface area contributed by atoms with E-state index in [4.69, 9.17) is 11.6 Å². The summed E-state index contributed by atoms with van der Waals surface area (Å²) < 4.78 is 0. The van der Waals surface area contributed by atoms with E-state index in [1.165, 1.54) is 6.33 Å². The predicted molar refractivity (Wildman–Crippen MR) is 93.9 cm³/mol. The number of thiophene rings is 1. The number of rotatable bonds is 2. The minimum absolute atomic E-state index is 0.204. The number of halogens is 1. The van der Waals surface area contributed by atoms with Crippen LogP contribution in [0.3, 0.4) is 0 Å². The van der Waals surface area contributed by atoms with Crippen LogP contribution in [-0.4, -0.2) is 15.0 Å². The van der Waals surface area contributed by atoms with Gasteiger partial charge in [0.2, 0.25) is 0 Å². The summed E-state index contributed by atoms with van der Waals surface area (Å²) in [5.41, 5.74) is 2.73. The smallest absolute Gasteiger partial charge is 0.260 e. The van der Waals surface area contributed by atoms with E-state index in [1.54, 1.807) is 23.5 Å². The Labute approximate surface area is 140 Å². The summed E-state index contributed by atoms with van der Waals surface area (Å²) in [5.74, 6) is 0. The van der Waals surface area contributed by atoms with E-state index < -0.39 is 0 Å². The molecule has 0 saturated carbocycles. The van der Waals surface area contributed by atoms with Gasteiger partial charge >= 0.3 is 0 Å². The SMILES string of the molecule is O=c1[nH]cnc2nc(-c3cccs3)cc(-c3ccc(Cl)cc3)c12. The van der Waals surface area contributed by atoms with Gasteiger partial charge in [-0.3, -0.25) is 4.79 Å². The third kappa shape index (κ3) is 2.54. The van der Waals surface area contributed by atoms with Gasteiger partial charge < -0.3 is 4.98 Å². The molecule has 4 rings (SSSR count). The van der Waals surface area contributed by atoms with E-state index in [9.17, 15) is 4.79 Å². The molecule has 6 heteroatoms. The number of nitrogens with zero attached hydrogens (tertiary/aromatic N) is 2. The molecule has 23 heavy (non-hydrogen) atoms. The molecule has 0 aliphatic heterocycles. The molecule has 4 aromatic rings. The average Bonchev–Trinajstić information content (AvgIpc) is 3.09. The lowest BCUT2D eigenvalue weighted by molar-refractivity contribution is 1.14. The lowest BCUT2D eigenvalue weighted by Crippen LogP contribution is -2.09. The van der Waals surface area contributed by atoms with E-state index in [0.29, 0.717) is 16.1 Å². The molecular formula is C17H10ClN3OS. The summed E-state index contributed by atoms with van der Waals surface area (Å²) >= 11 is 7.57. The van der Waals surface area contributed by atoms with Crippen LogP contribution < -0.4 is 5.56 Å². The first-order valence-electron chi connectivity index (χ1n) is 6.90. The fourth-order valence-electron chi connectivity index (χ4n) is 2.48. The van der Waals surface area contributed by atoms with E-state index in [0.717, 1.165) is 21.7 Å². The molecular weight excluding hydrogens is 330 g/mol. The molecule has 112 valence electrons. The van der Waals surface area contributed by atoms with Gasteiger partial charge in [-0.25, -0.2) is 9.97 Å². The highest BCUT2D eigenvalue weighted by atomic mass is 35.5. The summed E-state index contributed by atoms with van der Waals surface area (Å²) in [6.07, 6.45) is 1.38. The standard InChI is InChI=1S/C17H10ClN3OS/c18-11-5-3-10(4-6-11)12-8-13(14-2-1-7-23-14)21-16-15(12)17(22)20-9-19-16/h1-9H,(H,19,20,21,22). The summed E-state index contributed by atoms with van der Waals surface area (Å²) in [6.45, 7) is 0. The number of hydrogen-bond donors (Lipinski definition) is 1. The second-order valence-corrected chi connectivity index (χ2v) is 6.35. The monoisotopic (exact) mass is 339 g/mol. The van der Waals surface area contributed by atoms with Gasteiger partial charge in [0.25, 0.3) is 5.56 Å². The van der Waals surface area contributed by atoms with Crippen molar-refractivity contribution >= 4 is 34.0 Å². The first-order chi connectivity index (χ1) is 11.2. The lowest BCUT2D eigenvalue weighted by Gasteiger charge is -2.08. The highest BCUT2D eigenvalue weighted by Gasteiger charge is 2.13. The fourth-order valence-corrected chi connectivity index (χ4v) is 3.29. The molecule has 0 spiro atoms. The van der Waals surface area contributed by atoms with Crippen molar-refractivity contribution < 1.29 is 0 Å². The van der Waals surface area contributed by atoms with Crippen LogP contribution in [0.1, 0.15) is 0 Å². The third-order valence-electron chi connectivity index (χ3n) is 3.54. The first-order valence-corrected chi connectivity index (χ1v) is 8.16. The molecule has 3 aromatic heterocycles. The lowest BCUT2D eigenvalue weighted by atomic mass is 10.0. The molecule has 0 saturated heterocycles. The maximum Gasteiger partial charge on any atom is 0.260 e. The second kappa shape index (κ2) is 5.61. The molecule has 1 aromatic carbocycles. The van der Waals surface area contributed by atoms with Crippen LogP contribution in [0, 0.1) is 0 Å². The Balaban J connectivity index is 2.07. The molecule has 0 fully saturated rings. The number of fused-ring (bicyclic) bond motifs is 1. The Hall–Kier alpha value is -2.50. The topological polar surface area (TPSA) is 58.6 Å². The number of H-pyrrole nitrogens is 1. The highest BCUT2D eigenvalue weighted by molar-refractivity contribution is 7.13. The normalized spacial score (nSPS) is 11.0. The number of benzene rings is 1. The Morgan fingerprint density at radius 1 is 1.13 bits per heavy atom. The van der Waals surface area contributed by atoms with Crippen LogP contribution in [0.4, 0.5) is 0 Å². The summed E-state index contributed by atoms with van der Waals surface area (Å²) in [4.78, 5) is 24.7. The summed E-state index contributed by atoms with van der Waals surface area (Å²) in [7, 11) is 0. The minimum atomic E-state index is -0.204. The van der Waals surface area contributed by atoms with Gasteiger partial charge in [-0.05, 0) is 35.2 Å². The van der Waals surface area contributed by atoms with Gasteiger partial charge in [0.15, 0.2) is 5.65 Å². The molecule has 3 heterocycles. The van der Waals surface area contributed by atoms with Crippen LogP contribution in [-0.2, 0) is 0 Å². The van der Waals surface area contributed by atoms with E-state index in [-0.39, 0.29) is 5.56 Å². The molecule has 0 aliphatic rings. The Bertz CT molecular complexity index is 1040. The van der Waals surface area contributed by atoms with Crippen molar-refractivity contribution in [3.63, 3.8) is 0 Å². The van der Waals surface area contributed by atoms with Gasteiger partial charge in [0.1, 0.15) is 0 Å². The van der Waals surface area contributed by atoms with Gasteiger partial charge in [-0.1, -0.05) is 29.8 Å². The number of nitrogens with one attached hydrogen (secondary N) is 1. The molecule has 0 bridgehead atoms. The molecule has 0 atom stereocenters. The molecule has 1 N–H and O–H groups in total. The van der Waals surface area contributed by atoms with Crippen molar-refractivity contribution in [1.29, 1.82) is 0 Å². The molecule has 0 amide bonds. The van der Waals surface area contributed by atoms with Gasteiger partial charge in [-0.15, -0.1) is 11.3 Å². The molecule has 0 unspecified atom stereocenters. The molecule has 4 nitrogen and oxygen atoms in total. The van der Waals surface area contributed by atoms with E-state index in [2.05, 4.69) is 15.0 Å². The zero-order valence-electron chi connectivity index (χ0n) is 11.8. The summed E-state index contributed by atoms with van der Waals surface area (Å²) in [6, 6.07) is 13.3. The molecule has 0 radical (unpaired) electrons. The molecule has 0 aliphatic carbocycles. The minimum Gasteiger partial charge on any atom is -0.312 e. The average molecular weight is 340 g/mol. The van der Waals surface area contributed by atoms with Crippen LogP contribution in [0.15, 0.2) is 59.0 Å². The Morgan fingerprint density at radius 2 is 1.96 bits per heavy atom. The van der Waals surface area contributed by atoms with Crippen molar-refractivity contribution in [2.24, 2.45) is 0 Å². The number of aromatic nitrogens is 3. The summed E-state index contributed by atoms with van der Waals surface area (Å²) in [5, 5.41) is 3.13. The third-order valence-corrected chi connectivity index (χ3v) is 4.68. The van der Waals surface area contributed by atoms with Gasteiger partial charge in [0, 0.05) is 10.6 Å². The van der Waals surface area contributed by atoms with Crippen LogP contribution in [0.2, 0.25) is 5.02 Å². The van der Waals surface area contributed by atoms with Crippen LogP contribution >= 0.6 is 22.9 Å². The second-order valence-electron chi connectivity index (χ2n) is 4.97. The zero-order chi connectivity index (χ0) is 15.8. The quantitative estimate of drug-likeness (QED) is 0.590. The Morgan fingerprint density at radius 3 is 2.70 bits per heavy atom. The maximum absolute atomic E-state index is 12.3. The Kier molecular flexibility index (Phi) is 3.44. The number of pyridine rings is 1. The maximum atomic E-state index is 12.3. The van der Waals surface area contributed by atoms with E-state index >= 15 is 0 Å². The van der Waals surface area contributed by atoms with Crippen molar-refractivity contribution in [1.82, 2.24) is 15.0 Å². The van der Waals surface area contributed by atoms with Crippen molar-refractivity contribution in [3.05, 3.63) is 69.5 Å². The largest absolute Gasteiger partial charge is 0.312 e. The van der Waals surface area contributed by atoms with Crippen molar-refractivity contribution in [3.8, 4) is 21.7 Å². The number of hydrogen-bond acceptors (Lipinski definition) is 4. The van der Waals surface area contributed by atoms with Gasteiger partial charge in [0.05, 0.1) is 22.3 Å². The van der Waals surface area contributed by atoms with Crippen LogP contribution in [0.25, 0.3) is 32.7 Å². The van der Waals surface area contributed by atoms with Crippen LogP contribution in [0.5, 0.6) is 0 Å². The first kappa shape index (κ1) is 14.1.